The molecule has 0 aromatic heterocycles. The van der Waals surface area contributed by atoms with Crippen molar-refractivity contribution in [3.8, 4) is 5.75 Å². The maximum Gasteiger partial charge on any atom is 0.182 e. The summed E-state index contributed by atoms with van der Waals surface area (Å²) in [4.78, 5) is 0.105. The molecule has 0 fully saturated rings. The van der Waals surface area contributed by atoms with Gasteiger partial charge >= 0.3 is 0 Å². The van der Waals surface area contributed by atoms with Crippen molar-refractivity contribution in [2.24, 2.45) is 0 Å². The second-order valence-electron chi connectivity index (χ2n) is 3.65. The predicted octanol–water partition coefficient (Wildman–Crippen LogP) is 1.48. The van der Waals surface area contributed by atoms with Gasteiger partial charge in [-0.3, -0.25) is 0 Å². The van der Waals surface area contributed by atoms with Crippen molar-refractivity contribution in [1.82, 2.24) is 0 Å². The Balaban J connectivity index is 2.95. The number of nitrogens with two attached hydrogens (primary N) is 1. The van der Waals surface area contributed by atoms with Gasteiger partial charge in [-0.15, -0.1) is 0 Å². The Kier molecular flexibility index (Phi) is 5.43. The molecule has 1 aromatic rings. The minimum Gasteiger partial charge on any atom is -0.494 e. The molecule has 0 radical (unpaired) electrons. The van der Waals surface area contributed by atoms with E-state index in [9.17, 15) is 8.42 Å². The minimum atomic E-state index is -3.43. The third-order valence-electron chi connectivity index (χ3n) is 2.33. The van der Waals surface area contributed by atoms with Crippen LogP contribution in [0.15, 0.2) is 23.1 Å². The van der Waals surface area contributed by atoms with Crippen LogP contribution in [0.3, 0.4) is 0 Å². The molecule has 0 saturated carbocycles. The van der Waals surface area contributed by atoms with Crippen LogP contribution in [-0.4, -0.2) is 34.0 Å². The van der Waals surface area contributed by atoms with Gasteiger partial charge in [-0.05, 0) is 26.0 Å². The molecule has 1 rings (SSSR count). The normalized spacial score (nSPS) is 11.4. The van der Waals surface area contributed by atoms with Gasteiger partial charge in [0.2, 0.25) is 0 Å². The van der Waals surface area contributed by atoms with Crippen molar-refractivity contribution < 1.29 is 17.9 Å². The number of sulfone groups is 1. The Morgan fingerprint density at radius 1 is 1.22 bits per heavy atom. The van der Waals surface area contributed by atoms with Crippen LogP contribution in [0.25, 0.3) is 0 Å². The molecular weight excluding hydrogens is 254 g/mol. The first kappa shape index (κ1) is 14.8. The van der Waals surface area contributed by atoms with E-state index in [0.29, 0.717) is 19.0 Å². The molecular formula is C12H19NO4S. The van der Waals surface area contributed by atoms with Gasteiger partial charge in [0.1, 0.15) is 5.75 Å². The molecule has 0 aliphatic rings. The fourth-order valence-electron chi connectivity index (χ4n) is 1.46. The highest BCUT2D eigenvalue weighted by molar-refractivity contribution is 7.91. The molecule has 0 atom stereocenters. The van der Waals surface area contributed by atoms with Crippen molar-refractivity contribution in [3.63, 3.8) is 0 Å². The summed E-state index contributed by atoms with van der Waals surface area (Å²) in [6.45, 7) is 4.78. The van der Waals surface area contributed by atoms with E-state index < -0.39 is 9.84 Å². The van der Waals surface area contributed by atoms with Crippen LogP contribution in [0.1, 0.15) is 13.8 Å². The van der Waals surface area contributed by atoms with Crippen LogP contribution in [0, 0.1) is 0 Å². The highest BCUT2D eigenvalue weighted by Gasteiger charge is 2.18. The lowest BCUT2D eigenvalue weighted by atomic mass is 10.3. The van der Waals surface area contributed by atoms with Gasteiger partial charge in [0.25, 0.3) is 0 Å². The molecule has 0 unspecified atom stereocenters. The smallest absolute Gasteiger partial charge is 0.182 e. The molecule has 0 bridgehead atoms. The molecule has 2 N–H and O–H groups in total. The largest absolute Gasteiger partial charge is 0.494 e. The lowest BCUT2D eigenvalue weighted by Gasteiger charge is -2.10. The summed E-state index contributed by atoms with van der Waals surface area (Å²) in [5.74, 6) is 0.419. The van der Waals surface area contributed by atoms with E-state index >= 15 is 0 Å². The third-order valence-corrected chi connectivity index (χ3v) is 4.06. The van der Waals surface area contributed by atoms with Crippen molar-refractivity contribution in [2.45, 2.75) is 18.7 Å². The molecule has 18 heavy (non-hydrogen) atoms. The van der Waals surface area contributed by atoms with Crippen LogP contribution in [0.4, 0.5) is 5.69 Å². The first-order valence-electron chi connectivity index (χ1n) is 5.84. The lowest BCUT2D eigenvalue weighted by molar-refractivity contribution is 0.163. The number of hydrogen-bond acceptors (Lipinski definition) is 5. The average Bonchev–Trinajstić information content (AvgIpc) is 2.32. The zero-order valence-corrected chi connectivity index (χ0v) is 11.5. The molecule has 0 amide bonds. The van der Waals surface area contributed by atoms with Crippen LogP contribution < -0.4 is 10.5 Å². The number of rotatable bonds is 7. The van der Waals surface area contributed by atoms with Crippen LogP contribution >= 0.6 is 0 Å². The monoisotopic (exact) mass is 273 g/mol. The van der Waals surface area contributed by atoms with Gasteiger partial charge in [0.15, 0.2) is 9.84 Å². The summed E-state index contributed by atoms with van der Waals surface area (Å²) in [6.07, 6.45) is 0. The van der Waals surface area contributed by atoms with Crippen LogP contribution in [0.2, 0.25) is 0 Å². The van der Waals surface area contributed by atoms with E-state index in [-0.39, 0.29) is 22.9 Å². The van der Waals surface area contributed by atoms with Crippen molar-refractivity contribution in [1.29, 1.82) is 0 Å². The van der Waals surface area contributed by atoms with Gasteiger partial charge in [0, 0.05) is 12.7 Å². The predicted molar refractivity (Wildman–Crippen MR) is 70.6 cm³/mol. The summed E-state index contributed by atoms with van der Waals surface area (Å²) >= 11 is 0. The van der Waals surface area contributed by atoms with Gasteiger partial charge in [-0.1, -0.05) is 0 Å². The zero-order chi connectivity index (χ0) is 13.6. The summed E-state index contributed by atoms with van der Waals surface area (Å²) in [6, 6.07) is 4.65. The average molecular weight is 273 g/mol. The molecule has 6 heteroatoms. The second kappa shape index (κ2) is 6.61. The summed E-state index contributed by atoms with van der Waals surface area (Å²) < 4.78 is 34.5. The van der Waals surface area contributed by atoms with E-state index in [4.69, 9.17) is 15.2 Å². The topological polar surface area (TPSA) is 78.6 Å². The van der Waals surface area contributed by atoms with E-state index in [0.717, 1.165) is 0 Å². The molecule has 1 aromatic carbocycles. The Bertz CT molecular complexity index is 485. The van der Waals surface area contributed by atoms with Gasteiger partial charge < -0.3 is 15.2 Å². The molecule has 0 spiro atoms. The first-order valence-corrected chi connectivity index (χ1v) is 7.49. The third kappa shape index (κ3) is 3.89. The van der Waals surface area contributed by atoms with E-state index in [2.05, 4.69) is 0 Å². The molecule has 0 heterocycles. The highest BCUT2D eigenvalue weighted by Crippen LogP contribution is 2.25. The first-order chi connectivity index (χ1) is 8.51. The quantitative estimate of drug-likeness (QED) is 0.601. The Labute approximate surface area is 108 Å². The summed E-state index contributed by atoms with van der Waals surface area (Å²) in [5, 5.41) is 0. The van der Waals surface area contributed by atoms with Crippen molar-refractivity contribution in [2.75, 3.05) is 31.3 Å². The lowest BCUT2D eigenvalue weighted by Crippen LogP contribution is -2.14. The highest BCUT2D eigenvalue weighted by atomic mass is 32.2. The standard InChI is InChI=1S/C12H19NO4S/c1-3-16-7-8-18(14,15)12-9-10(17-4-2)5-6-11(12)13/h5-6,9H,3-4,7-8,13H2,1-2H3. The number of hydrogen-bond donors (Lipinski definition) is 1. The number of ether oxygens (including phenoxy) is 2. The molecule has 102 valence electrons. The SMILES string of the molecule is CCOCCS(=O)(=O)c1cc(OCC)ccc1N. The fraction of sp³-hybridized carbons (Fsp3) is 0.500. The van der Waals surface area contributed by atoms with Gasteiger partial charge in [-0.2, -0.15) is 0 Å². The summed E-state index contributed by atoms with van der Waals surface area (Å²) in [7, 11) is -3.43. The Morgan fingerprint density at radius 3 is 2.56 bits per heavy atom. The molecule has 5 nitrogen and oxygen atoms in total. The molecule has 0 aliphatic carbocycles. The van der Waals surface area contributed by atoms with Gasteiger partial charge in [0.05, 0.1) is 29.5 Å². The molecule has 0 saturated heterocycles. The van der Waals surface area contributed by atoms with Crippen LogP contribution in [0.5, 0.6) is 5.75 Å². The maximum atomic E-state index is 12.1. The number of nitrogen functional groups attached to an aromatic ring is 1. The summed E-state index contributed by atoms with van der Waals surface area (Å²) in [5.41, 5.74) is 5.93. The maximum absolute atomic E-state index is 12.1. The Hall–Kier alpha value is -1.27. The van der Waals surface area contributed by atoms with E-state index in [1.54, 1.807) is 12.1 Å². The van der Waals surface area contributed by atoms with E-state index in [1.807, 2.05) is 13.8 Å². The number of anilines is 1. The fourth-order valence-corrected chi connectivity index (χ4v) is 2.74. The molecule has 0 aliphatic heterocycles. The number of benzene rings is 1. The van der Waals surface area contributed by atoms with Crippen molar-refractivity contribution >= 4 is 15.5 Å². The van der Waals surface area contributed by atoms with E-state index in [1.165, 1.54) is 6.07 Å². The zero-order valence-electron chi connectivity index (χ0n) is 10.7. The second-order valence-corrected chi connectivity index (χ2v) is 5.73. The Morgan fingerprint density at radius 2 is 1.94 bits per heavy atom. The van der Waals surface area contributed by atoms with Crippen LogP contribution in [-0.2, 0) is 14.6 Å². The minimum absolute atomic E-state index is 0.0827. The van der Waals surface area contributed by atoms with Crippen molar-refractivity contribution in [3.05, 3.63) is 18.2 Å². The van der Waals surface area contributed by atoms with Gasteiger partial charge in [-0.25, -0.2) is 8.42 Å².